The van der Waals surface area contributed by atoms with E-state index in [4.69, 9.17) is 9.47 Å². The third kappa shape index (κ3) is 5.88. The summed E-state index contributed by atoms with van der Waals surface area (Å²) in [5.74, 6) is 1.38. The number of ether oxygens (including phenoxy) is 2. The predicted molar refractivity (Wildman–Crippen MR) is 76.8 cm³/mol. The topological polar surface area (TPSA) is 35.5 Å². The summed E-state index contributed by atoms with van der Waals surface area (Å²) in [7, 11) is 0. The van der Waals surface area contributed by atoms with Gasteiger partial charge in [0.05, 0.1) is 12.7 Å². The standard InChI is InChI=1S/C16H24O3/c1-5-18-15-8-6-14(7-9-15)16(17)11-19-13(4)10-12(2)3/h6-9,12-13H,5,10-11H2,1-4H3. The van der Waals surface area contributed by atoms with E-state index in [1.165, 1.54) is 0 Å². The second-order valence-electron chi connectivity index (χ2n) is 5.13. The van der Waals surface area contributed by atoms with E-state index in [0.29, 0.717) is 18.1 Å². The van der Waals surface area contributed by atoms with E-state index in [1.807, 2.05) is 26.0 Å². The highest BCUT2D eigenvalue weighted by molar-refractivity contribution is 5.97. The number of rotatable bonds is 8. The van der Waals surface area contributed by atoms with Crippen molar-refractivity contribution in [3.8, 4) is 5.75 Å². The minimum atomic E-state index is 0.0126. The molecule has 1 aromatic rings. The molecule has 19 heavy (non-hydrogen) atoms. The number of ketones is 1. The molecular weight excluding hydrogens is 240 g/mol. The van der Waals surface area contributed by atoms with Crippen LogP contribution in [0.3, 0.4) is 0 Å². The van der Waals surface area contributed by atoms with E-state index >= 15 is 0 Å². The van der Waals surface area contributed by atoms with Gasteiger partial charge in [0.15, 0.2) is 5.78 Å². The first-order valence-electron chi connectivity index (χ1n) is 6.90. The highest BCUT2D eigenvalue weighted by Crippen LogP contribution is 2.13. The molecule has 0 aliphatic heterocycles. The number of hydrogen-bond acceptors (Lipinski definition) is 3. The van der Waals surface area contributed by atoms with Crippen LogP contribution in [-0.2, 0) is 4.74 Å². The maximum Gasteiger partial charge on any atom is 0.188 e. The molecule has 1 unspecified atom stereocenters. The Hall–Kier alpha value is -1.35. The summed E-state index contributed by atoms with van der Waals surface area (Å²) in [5, 5.41) is 0. The Morgan fingerprint density at radius 1 is 1.16 bits per heavy atom. The molecule has 0 bridgehead atoms. The molecule has 3 heteroatoms. The predicted octanol–water partition coefficient (Wildman–Crippen LogP) is 3.72. The first kappa shape index (κ1) is 15.7. The summed E-state index contributed by atoms with van der Waals surface area (Å²) in [4.78, 5) is 11.9. The summed E-state index contributed by atoms with van der Waals surface area (Å²) in [6.45, 7) is 9.00. The Morgan fingerprint density at radius 2 is 1.79 bits per heavy atom. The Morgan fingerprint density at radius 3 is 2.32 bits per heavy atom. The Balaban J connectivity index is 2.44. The summed E-state index contributed by atoms with van der Waals surface area (Å²) in [5.41, 5.74) is 0.667. The molecule has 1 aromatic carbocycles. The zero-order valence-electron chi connectivity index (χ0n) is 12.3. The molecule has 0 radical (unpaired) electrons. The Labute approximate surface area is 115 Å². The van der Waals surface area contributed by atoms with Gasteiger partial charge < -0.3 is 9.47 Å². The molecule has 0 heterocycles. The van der Waals surface area contributed by atoms with Crippen molar-refractivity contribution in [1.82, 2.24) is 0 Å². The molecule has 3 nitrogen and oxygen atoms in total. The van der Waals surface area contributed by atoms with Gasteiger partial charge in [0.2, 0.25) is 0 Å². The molecule has 0 saturated heterocycles. The van der Waals surface area contributed by atoms with Crippen LogP contribution in [0.1, 0.15) is 44.5 Å². The fourth-order valence-corrected chi connectivity index (χ4v) is 1.94. The minimum absolute atomic E-state index is 0.0126. The first-order chi connectivity index (χ1) is 9.02. The molecular formula is C16H24O3. The third-order valence-corrected chi connectivity index (χ3v) is 2.79. The molecule has 1 rings (SSSR count). The lowest BCUT2D eigenvalue weighted by Crippen LogP contribution is -2.17. The molecule has 0 amide bonds. The monoisotopic (exact) mass is 264 g/mol. The van der Waals surface area contributed by atoms with Crippen LogP contribution in [0.5, 0.6) is 5.75 Å². The smallest absolute Gasteiger partial charge is 0.188 e. The van der Waals surface area contributed by atoms with Crippen LogP contribution in [0.4, 0.5) is 0 Å². The van der Waals surface area contributed by atoms with Crippen LogP contribution >= 0.6 is 0 Å². The van der Waals surface area contributed by atoms with Gasteiger partial charge in [-0.2, -0.15) is 0 Å². The largest absolute Gasteiger partial charge is 0.494 e. The number of benzene rings is 1. The van der Waals surface area contributed by atoms with E-state index in [1.54, 1.807) is 12.1 Å². The highest BCUT2D eigenvalue weighted by atomic mass is 16.5. The molecule has 1 atom stereocenters. The minimum Gasteiger partial charge on any atom is -0.494 e. The van der Waals surface area contributed by atoms with Crippen molar-refractivity contribution in [3.63, 3.8) is 0 Å². The van der Waals surface area contributed by atoms with Crippen molar-refractivity contribution in [2.75, 3.05) is 13.2 Å². The SMILES string of the molecule is CCOc1ccc(C(=O)COC(C)CC(C)C)cc1. The Bertz CT molecular complexity index is 381. The van der Waals surface area contributed by atoms with Crippen LogP contribution in [0.15, 0.2) is 24.3 Å². The van der Waals surface area contributed by atoms with E-state index in [9.17, 15) is 4.79 Å². The maximum absolute atomic E-state index is 11.9. The zero-order chi connectivity index (χ0) is 14.3. The average Bonchev–Trinajstić information content (AvgIpc) is 2.36. The lowest BCUT2D eigenvalue weighted by molar-refractivity contribution is 0.0445. The summed E-state index contributed by atoms with van der Waals surface area (Å²) in [6, 6.07) is 7.19. The van der Waals surface area contributed by atoms with Crippen molar-refractivity contribution in [1.29, 1.82) is 0 Å². The lowest BCUT2D eigenvalue weighted by atomic mass is 10.1. The maximum atomic E-state index is 11.9. The van der Waals surface area contributed by atoms with Gasteiger partial charge in [-0.3, -0.25) is 4.79 Å². The summed E-state index contributed by atoms with van der Waals surface area (Å²) in [6.07, 6.45) is 1.09. The van der Waals surface area contributed by atoms with Crippen molar-refractivity contribution < 1.29 is 14.3 Å². The van der Waals surface area contributed by atoms with Gasteiger partial charge in [0.25, 0.3) is 0 Å². The van der Waals surface area contributed by atoms with Crippen LogP contribution in [0.25, 0.3) is 0 Å². The van der Waals surface area contributed by atoms with Crippen LogP contribution in [0.2, 0.25) is 0 Å². The normalized spacial score (nSPS) is 12.5. The fraction of sp³-hybridized carbons (Fsp3) is 0.562. The second kappa shape index (κ2) is 7.95. The van der Waals surface area contributed by atoms with Crippen molar-refractivity contribution in [2.24, 2.45) is 5.92 Å². The molecule has 106 valence electrons. The lowest BCUT2D eigenvalue weighted by Gasteiger charge is -2.14. The molecule has 0 saturated carbocycles. The highest BCUT2D eigenvalue weighted by Gasteiger charge is 2.10. The van der Waals surface area contributed by atoms with Gasteiger partial charge in [0.1, 0.15) is 12.4 Å². The van der Waals surface area contributed by atoms with Gasteiger partial charge in [-0.15, -0.1) is 0 Å². The summed E-state index contributed by atoms with van der Waals surface area (Å²) >= 11 is 0. The van der Waals surface area contributed by atoms with Crippen molar-refractivity contribution in [3.05, 3.63) is 29.8 Å². The molecule has 0 aliphatic rings. The molecule has 0 spiro atoms. The molecule has 0 aromatic heterocycles. The molecule has 0 aliphatic carbocycles. The fourth-order valence-electron chi connectivity index (χ4n) is 1.94. The molecule has 0 fully saturated rings. The van der Waals surface area contributed by atoms with Gasteiger partial charge in [-0.25, -0.2) is 0 Å². The van der Waals surface area contributed by atoms with E-state index < -0.39 is 0 Å². The van der Waals surface area contributed by atoms with Crippen molar-refractivity contribution >= 4 is 5.78 Å². The number of carbonyl (C=O) groups is 1. The van der Waals surface area contributed by atoms with E-state index in [2.05, 4.69) is 13.8 Å². The van der Waals surface area contributed by atoms with Crippen LogP contribution in [-0.4, -0.2) is 25.1 Å². The number of hydrogen-bond donors (Lipinski definition) is 0. The summed E-state index contributed by atoms with van der Waals surface area (Å²) < 4.78 is 10.9. The van der Waals surface area contributed by atoms with Gasteiger partial charge >= 0.3 is 0 Å². The van der Waals surface area contributed by atoms with Gasteiger partial charge in [0, 0.05) is 5.56 Å². The average molecular weight is 264 g/mol. The zero-order valence-corrected chi connectivity index (χ0v) is 12.3. The first-order valence-corrected chi connectivity index (χ1v) is 6.90. The number of carbonyl (C=O) groups excluding carboxylic acids is 1. The van der Waals surface area contributed by atoms with Gasteiger partial charge in [-0.05, 0) is 50.5 Å². The van der Waals surface area contributed by atoms with Crippen LogP contribution < -0.4 is 4.74 Å². The van der Waals surface area contributed by atoms with E-state index in [0.717, 1.165) is 12.2 Å². The van der Waals surface area contributed by atoms with Gasteiger partial charge in [-0.1, -0.05) is 13.8 Å². The number of Topliss-reactive ketones (excluding diaryl/α,β-unsaturated/α-hetero) is 1. The van der Waals surface area contributed by atoms with Crippen molar-refractivity contribution in [2.45, 2.75) is 40.2 Å². The Kier molecular flexibility index (Phi) is 6.57. The second-order valence-corrected chi connectivity index (χ2v) is 5.13. The quantitative estimate of drug-likeness (QED) is 0.671. The van der Waals surface area contributed by atoms with E-state index in [-0.39, 0.29) is 18.5 Å². The molecule has 0 N–H and O–H groups in total. The van der Waals surface area contributed by atoms with Crippen LogP contribution in [0, 0.1) is 5.92 Å². The third-order valence-electron chi connectivity index (χ3n) is 2.79.